The monoisotopic (exact) mass is 465 g/mol. The van der Waals surface area contributed by atoms with Crippen molar-refractivity contribution in [1.82, 2.24) is 10.2 Å². The molecule has 1 saturated carbocycles. The van der Waals surface area contributed by atoms with Crippen molar-refractivity contribution in [2.75, 3.05) is 31.9 Å². The molecule has 0 radical (unpaired) electrons. The highest BCUT2D eigenvalue weighted by Crippen LogP contribution is 2.42. The predicted molar refractivity (Wildman–Crippen MR) is 102 cm³/mol. The Bertz CT molecular complexity index is 379. The Kier molecular flexibility index (Phi) is 8.82. The van der Waals surface area contributed by atoms with Crippen LogP contribution in [0, 0.1) is 0 Å². The van der Waals surface area contributed by atoms with Gasteiger partial charge >= 0.3 is 6.18 Å². The SMILES string of the molecule is CCNC(=NCCC(F)(F)F)N1CCSC2(CCCCC2)C1.I. The summed E-state index contributed by atoms with van der Waals surface area (Å²) in [5, 5.41) is 3.16. The third kappa shape index (κ3) is 6.88. The van der Waals surface area contributed by atoms with E-state index in [0.717, 1.165) is 18.8 Å². The number of thioether (sulfide) groups is 1. The molecule has 1 heterocycles. The molecule has 0 aromatic rings. The van der Waals surface area contributed by atoms with Crippen LogP contribution in [0.4, 0.5) is 13.2 Å². The number of hydrogen-bond acceptors (Lipinski definition) is 2. The predicted octanol–water partition coefficient (Wildman–Crippen LogP) is 4.27. The molecule has 2 rings (SSSR count). The third-order valence-corrected chi connectivity index (χ3v) is 5.84. The van der Waals surface area contributed by atoms with E-state index in [0.29, 0.717) is 12.5 Å². The van der Waals surface area contributed by atoms with Gasteiger partial charge in [0.25, 0.3) is 0 Å². The second-order valence-corrected chi connectivity index (χ2v) is 7.68. The molecule has 1 aliphatic carbocycles. The van der Waals surface area contributed by atoms with Crippen LogP contribution in [-0.4, -0.2) is 53.7 Å². The number of halogens is 4. The largest absolute Gasteiger partial charge is 0.390 e. The maximum Gasteiger partial charge on any atom is 0.390 e. The summed E-state index contributed by atoms with van der Waals surface area (Å²) in [6.07, 6.45) is 1.29. The molecule has 0 unspecified atom stereocenters. The lowest BCUT2D eigenvalue weighted by atomic mass is 9.87. The first kappa shape index (κ1) is 21.2. The molecule has 1 aliphatic heterocycles. The fourth-order valence-corrected chi connectivity index (χ4v) is 4.81. The molecule has 136 valence electrons. The Labute approximate surface area is 158 Å². The molecule has 0 atom stereocenters. The van der Waals surface area contributed by atoms with E-state index < -0.39 is 12.6 Å². The van der Waals surface area contributed by atoms with Crippen molar-refractivity contribution in [1.29, 1.82) is 0 Å². The normalized spacial score (nSPS) is 21.9. The summed E-state index contributed by atoms with van der Waals surface area (Å²) in [5.41, 5.74) is 0. The highest BCUT2D eigenvalue weighted by molar-refractivity contribution is 14.0. The van der Waals surface area contributed by atoms with Crippen LogP contribution in [-0.2, 0) is 0 Å². The smallest absolute Gasteiger partial charge is 0.357 e. The quantitative estimate of drug-likeness (QED) is 0.383. The van der Waals surface area contributed by atoms with Gasteiger partial charge in [0.1, 0.15) is 0 Å². The maximum absolute atomic E-state index is 12.3. The summed E-state index contributed by atoms with van der Waals surface area (Å²) in [6, 6.07) is 0. The molecule has 0 aromatic carbocycles. The van der Waals surface area contributed by atoms with Crippen molar-refractivity contribution in [2.24, 2.45) is 4.99 Å². The molecular formula is C15H27F3IN3S. The molecule has 0 aromatic heterocycles. The van der Waals surface area contributed by atoms with Crippen LogP contribution in [0.3, 0.4) is 0 Å². The van der Waals surface area contributed by atoms with Gasteiger partial charge in [-0.25, -0.2) is 0 Å². The van der Waals surface area contributed by atoms with E-state index >= 15 is 0 Å². The standard InChI is InChI=1S/C15H26F3N3S.HI/c1-2-19-13(20-9-8-15(16,17)18)21-10-11-22-14(12-21)6-4-3-5-7-14;/h2-12H2,1H3,(H,19,20);1H. The Morgan fingerprint density at radius 1 is 1.26 bits per heavy atom. The van der Waals surface area contributed by atoms with Gasteiger partial charge in [-0.15, -0.1) is 24.0 Å². The topological polar surface area (TPSA) is 27.6 Å². The van der Waals surface area contributed by atoms with Crippen molar-refractivity contribution >= 4 is 41.7 Å². The minimum Gasteiger partial charge on any atom is -0.357 e. The highest BCUT2D eigenvalue weighted by Gasteiger charge is 2.38. The van der Waals surface area contributed by atoms with E-state index in [1.165, 1.54) is 32.1 Å². The highest BCUT2D eigenvalue weighted by atomic mass is 127. The Morgan fingerprint density at radius 2 is 1.96 bits per heavy atom. The van der Waals surface area contributed by atoms with Gasteiger partial charge in [-0.3, -0.25) is 4.99 Å². The molecule has 1 saturated heterocycles. The van der Waals surface area contributed by atoms with Crippen molar-refractivity contribution in [3.8, 4) is 0 Å². The van der Waals surface area contributed by atoms with Crippen LogP contribution in [0.2, 0.25) is 0 Å². The zero-order valence-corrected chi connectivity index (χ0v) is 16.8. The summed E-state index contributed by atoms with van der Waals surface area (Å²) in [7, 11) is 0. The number of aliphatic imine (C=N–C) groups is 1. The van der Waals surface area contributed by atoms with Gasteiger partial charge in [-0.2, -0.15) is 24.9 Å². The van der Waals surface area contributed by atoms with Crippen LogP contribution in [0.25, 0.3) is 0 Å². The molecule has 3 nitrogen and oxygen atoms in total. The lowest BCUT2D eigenvalue weighted by Crippen LogP contribution is -2.53. The van der Waals surface area contributed by atoms with Crippen LogP contribution in [0.15, 0.2) is 4.99 Å². The Morgan fingerprint density at radius 3 is 2.57 bits per heavy atom. The summed E-state index contributed by atoms with van der Waals surface area (Å²) in [6.45, 7) is 4.22. The molecule has 8 heteroatoms. The molecule has 0 amide bonds. The molecule has 1 spiro atoms. The summed E-state index contributed by atoms with van der Waals surface area (Å²) < 4.78 is 37.2. The first-order valence-electron chi connectivity index (χ1n) is 8.18. The maximum atomic E-state index is 12.3. The number of nitrogens with one attached hydrogen (secondary N) is 1. The Balaban J connectivity index is 0.00000264. The van der Waals surface area contributed by atoms with Gasteiger partial charge < -0.3 is 10.2 Å². The fourth-order valence-electron chi connectivity index (χ4n) is 3.24. The lowest BCUT2D eigenvalue weighted by molar-refractivity contribution is -0.132. The van der Waals surface area contributed by atoms with Crippen molar-refractivity contribution in [2.45, 2.75) is 56.4 Å². The van der Waals surface area contributed by atoms with Gasteiger partial charge in [-0.05, 0) is 19.8 Å². The van der Waals surface area contributed by atoms with Gasteiger partial charge in [0, 0.05) is 30.1 Å². The zero-order valence-electron chi connectivity index (χ0n) is 13.6. The van der Waals surface area contributed by atoms with Crippen molar-refractivity contribution < 1.29 is 13.2 Å². The van der Waals surface area contributed by atoms with Crippen LogP contribution in [0.5, 0.6) is 0 Å². The van der Waals surface area contributed by atoms with E-state index in [9.17, 15) is 13.2 Å². The number of nitrogens with zero attached hydrogens (tertiary/aromatic N) is 2. The first-order valence-corrected chi connectivity index (χ1v) is 9.17. The molecule has 2 aliphatic rings. The van der Waals surface area contributed by atoms with E-state index in [-0.39, 0.29) is 35.3 Å². The summed E-state index contributed by atoms with van der Waals surface area (Å²) in [4.78, 5) is 6.37. The average molecular weight is 465 g/mol. The second kappa shape index (κ2) is 9.58. The second-order valence-electron chi connectivity index (χ2n) is 6.11. The molecule has 2 fully saturated rings. The lowest BCUT2D eigenvalue weighted by Gasteiger charge is -2.45. The molecule has 0 bridgehead atoms. The molecular weight excluding hydrogens is 438 g/mol. The number of rotatable bonds is 3. The van der Waals surface area contributed by atoms with Crippen LogP contribution >= 0.6 is 35.7 Å². The molecule has 23 heavy (non-hydrogen) atoms. The van der Waals surface area contributed by atoms with E-state index in [2.05, 4.69) is 15.2 Å². The van der Waals surface area contributed by atoms with E-state index in [4.69, 9.17) is 0 Å². The van der Waals surface area contributed by atoms with Gasteiger partial charge in [0.05, 0.1) is 13.0 Å². The molecule has 1 N–H and O–H groups in total. The first-order chi connectivity index (χ1) is 10.4. The van der Waals surface area contributed by atoms with E-state index in [1.54, 1.807) is 0 Å². The van der Waals surface area contributed by atoms with Crippen molar-refractivity contribution in [3.05, 3.63) is 0 Å². The number of hydrogen-bond donors (Lipinski definition) is 1. The van der Waals surface area contributed by atoms with Crippen LogP contribution in [0.1, 0.15) is 45.4 Å². The number of alkyl halides is 3. The average Bonchev–Trinajstić information content (AvgIpc) is 2.46. The van der Waals surface area contributed by atoms with Gasteiger partial charge in [-0.1, -0.05) is 19.3 Å². The Hall–Kier alpha value is 0.140. The zero-order chi connectivity index (χ0) is 16.1. The van der Waals surface area contributed by atoms with Crippen LogP contribution < -0.4 is 5.32 Å². The minimum atomic E-state index is -4.14. The van der Waals surface area contributed by atoms with Gasteiger partial charge in [0.2, 0.25) is 0 Å². The van der Waals surface area contributed by atoms with Crippen molar-refractivity contribution in [3.63, 3.8) is 0 Å². The summed E-state index contributed by atoms with van der Waals surface area (Å²) >= 11 is 2.05. The summed E-state index contributed by atoms with van der Waals surface area (Å²) in [5.74, 6) is 1.68. The fraction of sp³-hybridized carbons (Fsp3) is 0.933. The van der Waals surface area contributed by atoms with Gasteiger partial charge in [0.15, 0.2) is 5.96 Å². The number of guanidine groups is 1. The minimum absolute atomic E-state index is 0. The van der Waals surface area contributed by atoms with E-state index in [1.807, 2.05) is 18.7 Å². The third-order valence-electron chi connectivity index (χ3n) is 4.30.